The predicted molar refractivity (Wildman–Crippen MR) is 61.8 cm³/mol. The zero-order valence-corrected chi connectivity index (χ0v) is 10.3. The number of hydrogen-bond donors (Lipinski definition) is 0. The van der Waals surface area contributed by atoms with E-state index in [0.717, 1.165) is 38.7 Å². The maximum atomic E-state index is 11.6. The maximum Gasteiger partial charge on any atom is 0.133 e. The summed E-state index contributed by atoms with van der Waals surface area (Å²) in [5.74, 6) is 1.61. The molecule has 15 heavy (non-hydrogen) atoms. The van der Waals surface area contributed by atoms with Gasteiger partial charge in [0.05, 0.1) is 6.10 Å². The van der Waals surface area contributed by atoms with Gasteiger partial charge >= 0.3 is 0 Å². The number of carbonyl (C=O) groups excluding carboxylic acids is 1. The van der Waals surface area contributed by atoms with Gasteiger partial charge in [-0.05, 0) is 31.6 Å². The van der Waals surface area contributed by atoms with Gasteiger partial charge in [0.2, 0.25) is 0 Å². The molecule has 0 aromatic carbocycles. The van der Waals surface area contributed by atoms with Crippen molar-refractivity contribution in [1.82, 2.24) is 0 Å². The Labute approximate surface area is 93.4 Å². The van der Waals surface area contributed by atoms with Crippen molar-refractivity contribution < 1.29 is 9.53 Å². The van der Waals surface area contributed by atoms with Crippen molar-refractivity contribution in [2.24, 2.45) is 11.8 Å². The summed E-state index contributed by atoms with van der Waals surface area (Å²) in [6.07, 6.45) is 5.30. The van der Waals surface area contributed by atoms with E-state index in [-0.39, 0.29) is 0 Å². The van der Waals surface area contributed by atoms with Crippen molar-refractivity contribution in [2.75, 3.05) is 6.61 Å². The number of rotatable bonds is 7. The molecule has 0 spiro atoms. The molecule has 1 aliphatic carbocycles. The fourth-order valence-corrected chi connectivity index (χ4v) is 2.15. The molecule has 1 rings (SSSR count). The van der Waals surface area contributed by atoms with Crippen LogP contribution in [0.5, 0.6) is 0 Å². The first-order valence-electron chi connectivity index (χ1n) is 6.28. The molecule has 0 aromatic rings. The third-order valence-corrected chi connectivity index (χ3v) is 3.38. The van der Waals surface area contributed by atoms with Crippen LogP contribution < -0.4 is 0 Å². The van der Waals surface area contributed by atoms with Crippen LogP contribution in [0, 0.1) is 11.8 Å². The molecule has 1 saturated carbocycles. The van der Waals surface area contributed by atoms with Gasteiger partial charge in [-0.2, -0.15) is 0 Å². The van der Waals surface area contributed by atoms with Gasteiger partial charge in [-0.25, -0.2) is 0 Å². The maximum absolute atomic E-state index is 11.6. The van der Waals surface area contributed by atoms with E-state index in [0.29, 0.717) is 23.7 Å². The van der Waals surface area contributed by atoms with E-state index in [1.165, 1.54) is 0 Å². The van der Waals surface area contributed by atoms with E-state index in [4.69, 9.17) is 4.74 Å². The van der Waals surface area contributed by atoms with Gasteiger partial charge in [-0.1, -0.05) is 20.3 Å². The van der Waals surface area contributed by atoms with Gasteiger partial charge in [0.1, 0.15) is 5.78 Å². The highest BCUT2D eigenvalue weighted by atomic mass is 16.5. The van der Waals surface area contributed by atoms with Crippen LogP contribution in [0.4, 0.5) is 0 Å². The molecule has 1 unspecified atom stereocenters. The zero-order chi connectivity index (χ0) is 11.3. The smallest absolute Gasteiger partial charge is 0.133 e. The van der Waals surface area contributed by atoms with Gasteiger partial charge in [-0.3, -0.25) is 4.79 Å². The summed E-state index contributed by atoms with van der Waals surface area (Å²) in [5, 5.41) is 0. The lowest BCUT2D eigenvalue weighted by molar-refractivity contribution is -0.123. The molecule has 0 amide bonds. The van der Waals surface area contributed by atoms with Crippen LogP contribution in [0.1, 0.15) is 52.9 Å². The lowest BCUT2D eigenvalue weighted by Crippen LogP contribution is -2.32. The molecule has 2 heteroatoms. The van der Waals surface area contributed by atoms with Crippen molar-refractivity contribution in [3.8, 4) is 0 Å². The van der Waals surface area contributed by atoms with Crippen LogP contribution in [0.2, 0.25) is 0 Å². The molecule has 0 aliphatic heterocycles. The second-order valence-electron chi connectivity index (χ2n) is 4.88. The Balaban J connectivity index is 2.08. The van der Waals surface area contributed by atoms with Crippen LogP contribution in [0.15, 0.2) is 0 Å². The Morgan fingerprint density at radius 2 is 2.07 bits per heavy atom. The minimum atomic E-state index is 0.441. The second-order valence-corrected chi connectivity index (χ2v) is 4.88. The van der Waals surface area contributed by atoms with Gasteiger partial charge in [0.15, 0.2) is 0 Å². The molecule has 88 valence electrons. The van der Waals surface area contributed by atoms with E-state index < -0.39 is 0 Å². The van der Waals surface area contributed by atoms with Crippen LogP contribution >= 0.6 is 0 Å². The van der Waals surface area contributed by atoms with Gasteiger partial charge in [-0.15, -0.1) is 0 Å². The minimum absolute atomic E-state index is 0.441. The van der Waals surface area contributed by atoms with Gasteiger partial charge in [0, 0.05) is 19.4 Å². The van der Waals surface area contributed by atoms with E-state index in [1.54, 1.807) is 0 Å². The number of carbonyl (C=O) groups is 1. The molecule has 2 nitrogen and oxygen atoms in total. The molecule has 0 bridgehead atoms. The lowest BCUT2D eigenvalue weighted by atomic mass is 9.78. The quantitative estimate of drug-likeness (QED) is 0.648. The minimum Gasteiger partial charge on any atom is -0.378 e. The molecular weight excluding hydrogens is 188 g/mol. The summed E-state index contributed by atoms with van der Waals surface area (Å²) < 4.78 is 5.48. The Morgan fingerprint density at radius 1 is 1.40 bits per heavy atom. The molecule has 0 heterocycles. The average Bonchev–Trinajstić information content (AvgIpc) is 2.14. The first-order valence-corrected chi connectivity index (χ1v) is 6.28. The molecule has 1 fully saturated rings. The second kappa shape index (κ2) is 6.26. The van der Waals surface area contributed by atoms with Gasteiger partial charge in [0.25, 0.3) is 0 Å². The summed E-state index contributed by atoms with van der Waals surface area (Å²) in [4.78, 5) is 11.6. The van der Waals surface area contributed by atoms with Crippen LogP contribution in [0.25, 0.3) is 0 Å². The number of hydrogen-bond acceptors (Lipinski definition) is 2. The summed E-state index contributed by atoms with van der Waals surface area (Å²) in [6, 6.07) is 0. The molecule has 0 N–H and O–H groups in total. The topological polar surface area (TPSA) is 26.3 Å². The molecular formula is C13H24O2. The van der Waals surface area contributed by atoms with Gasteiger partial charge < -0.3 is 4.74 Å². The van der Waals surface area contributed by atoms with E-state index in [9.17, 15) is 4.79 Å². The highest BCUT2D eigenvalue weighted by Crippen LogP contribution is 2.33. The molecule has 0 radical (unpaired) electrons. The third kappa shape index (κ3) is 4.33. The van der Waals surface area contributed by atoms with Crippen LogP contribution in [-0.2, 0) is 9.53 Å². The highest BCUT2D eigenvalue weighted by molar-refractivity contribution is 5.78. The Morgan fingerprint density at radius 3 is 2.60 bits per heavy atom. The third-order valence-electron chi connectivity index (χ3n) is 3.38. The van der Waals surface area contributed by atoms with Crippen molar-refractivity contribution in [3.63, 3.8) is 0 Å². The van der Waals surface area contributed by atoms with E-state index in [1.807, 2.05) is 6.92 Å². The van der Waals surface area contributed by atoms with Crippen LogP contribution in [-0.4, -0.2) is 18.5 Å². The molecule has 0 aromatic heterocycles. The van der Waals surface area contributed by atoms with E-state index in [2.05, 4.69) is 13.8 Å². The average molecular weight is 212 g/mol. The largest absolute Gasteiger partial charge is 0.378 e. The van der Waals surface area contributed by atoms with E-state index >= 15 is 0 Å². The molecule has 0 saturated heterocycles. The normalized spacial score (nSPS) is 27.1. The standard InChI is InChI=1S/C13H24O2/c1-4-10(3)6-12(14)7-11-8-13(9-11)15-5-2/h10-11,13H,4-9H2,1-3H3. The monoisotopic (exact) mass is 212 g/mol. The first-order chi connectivity index (χ1) is 7.15. The first kappa shape index (κ1) is 12.7. The summed E-state index contributed by atoms with van der Waals surface area (Å²) in [7, 11) is 0. The molecule has 1 aliphatic rings. The van der Waals surface area contributed by atoms with Crippen molar-refractivity contribution in [2.45, 2.75) is 59.0 Å². The SMILES string of the molecule is CCOC1CC(CC(=O)CC(C)CC)C1. The Bertz CT molecular complexity index is 195. The van der Waals surface area contributed by atoms with Crippen molar-refractivity contribution >= 4 is 5.78 Å². The predicted octanol–water partition coefficient (Wildman–Crippen LogP) is 3.20. The number of ketones is 1. The van der Waals surface area contributed by atoms with Crippen molar-refractivity contribution in [1.29, 1.82) is 0 Å². The lowest BCUT2D eigenvalue weighted by Gasteiger charge is -2.34. The van der Waals surface area contributed by atoms with Crippen molar-refractivity contribution in [3.05, 3.63) is 0 Å². The van der Waals surface area contributed by atoms with Crippen LogP contribution in [0.3, 0.4) is 0 Å². The fraction of sp³-hybridized carbons (Fsp3) is 0.923. The Hall–Kier alpha value is -0.370. The Kier molecular flexibility index (Phi) is 5.30. The highest BCUT2D eigenvalue weighted by Gasteiger charge is 2.30. The molecule has 1 atom stereocenters. The number of Topliss-reactive ketones (excluding diaryl/α,β-unsaturated/α-hetero) is 1. The fourth-order valence-electron chi connectivity index (χ4n) is 2.15. The number of ether oxygens (including phenoxy) is 1. The summed E-state index contributed by atoms with van der Waals surface area (Å²) in [5.41, 5.74) is 0. The summed E-state index contributed by atoms with van der Waals surface area (Å²) in [6.45, 7) is 7.13. The zero-order valence-electron chi connectivity index (χ0n) is 10.3. The summed E-state index contributed by atoms with van der Waals surface area (Å²) >= 11 is 0.